The zero-order chi connectivity index (χ0) is 12.4. The van der Waals surface area contributed by atoms with Gasteiger partial charge in [0, 0.05) is 17.3 Å². The van der Waals surface area contributed by atoms with Gasteiger partial charge in [-0.3, -0.25) is 0 Å². The van der Waals surface area contributed by atoms with Gasteiger partial charge >= 0.3 is 0 Å². The molecule has 1 saturated carbocycles. The molecule has 2 aromatic rings. The van der Waals surface area contributed by atoms with Gasteiger partial charge in [0.1, 0.15) is 11.3 Å². The Labute approximate surface area is 108 Å². The third kappa shape index (κ3) is 2.30. The van der Waals surface area contributed by atoms with Crippen molar-refractivity contribution in [2.45, 2.75) is 44.6 Å². The highest BCUT2D eigenvalue weighted by Gasteiger charge is 2.27. The summed E-state index contributed by atoms with van der Waals surface area (Å²) in [6.07, 6.45) is 4.97. The molecule has 1 N–H and O–H groups in total. The lowest BCUT2D eigenvalue weighted by Crippen LogP contribution is -2.26. The van der Waals surface area contributed by atoms with E-state index < -0.39 is 0 Å². The first-order valence-corrected chi connectivity index (χ1v) is 7.08. The molecule has 2 unspecified atom stereocenters. The number of benzene rings is 1. The molecule has 1 aromatic carbocycles. The summed E-state index contributed by atoms with van der Waals surface area (Å²) in [7, 11) is 0. The molecule has 0 radical (unpaired) electrons. The molecule has 1 aliphatic rings. The van der Waals surface area contributed by atoms with E-state index in [1.54, 1.807) is 0 Å². The zero-order valence-electron chi connectivity index (χ0n) is 11.0. The fourth-order valence-electron chi connectivity index (χ4n) is 2.98. The van der Waals surface area contributed by atoms with Crippen LogP contribution in [0.3, 0.4) is 0 Å². The van der Waals surface area contributed by atoms with E-state index in [9.17, 15) is 0 Å². The Morgan fingerprint density at radius 1 is 1.28 bits per heavy atom. The second-order valence-corrected chi connectivity index (χ2v) is 5.35. The lowest BCUT2D eigenvalue weighted by Gasteiger charge is -2.11. The summed E-state index contributed by atoms with van der Waals surface area (Å²) in [6, 6.07) is 11.2. The molecule has 18 heavy (non-hydrogen) atoms. The summed E-state index contributed by atoms with van der Waals surface area (Å²) in [5.74, 6) is 1.78. The van der Waals surface area contributed by atoms with Gasteiger partial charge in [-0.25, -0.2) is 0 Å². The Balaban J connectivity index is 1.72. The monoisotopic (exact) mass is 243 g/mol. The highest BCUT2D eigenvalue weighted by molar-refractivity contribution is 5.77. The molecule has 2 atom stereocenters. The number of rotatable bonds is 4. The second kappa shape index (κ2) is 5.15. The highest BCUT2D eigenvalue weighted by atomic mass is 16.3. The smallest absolute Gasteiger partial charge is 0.134 e. The maximum atomic E-state index is 5.98. The standard InChI is InChI=1S/C16H21NO/c1-2-9-17-14-8-7-13(10-14)16-11-12-5-3-4-6-15(12)18-16/h3-6,11,13-14,17H,2,7-10H2,1H3. The molecule has 1 heterocycles. The maximum absolute atomic E-state index is 5.98. The summed E-state index contributed by atoms with van der Waals surface area (Å²) < 4.78 is 5.98. The SMILES string of the molecule is CCCNC1CCC(c2cc3ccccc3o2)C1. The van der Waals surface area contributed by atoms with Crippen molar-refractivity contribution in [1.82, 2.24) is 5.32 Å². The molecule has 0 aliphatic heterocycles. The first-order valence-electron chi connectivity index (χ1n) is 7.08. The normalized spacial score (nSPS) is 23.8. The van der Waals surface area contributed by atoms with Crippen LogP contribution < -0.4 is 5.32 Å². The van der Waals surface area contributed by atoms with Gasteiger partial charge in [0.15, 0.2) is 0 Å². The number of furan rings is 1. The predicted octanol–water partition coefficient (Wildman–Crippen LogP) is 4.07. The maximum Gasteiger partial charge on any atom is 0.134 e. The summed E-state index contributed by atoms with van der Waals surface area (Å²) in [5.41, 5.74) is 1.03. The van der Waals surface area contributed by atoms with Crippen LogP contribution in [0.25, 0.3) is 11.0 Å². The van der Waals surface area contributed by atoms with E-state index in [1.807, 2.05) is 6.07 Å². The van der Waals surface area contributed by atoms with Crippen LogP contribution in [0, 0.1) is 0 Å². The van der Waals surface area contributed by atoms with Crippen LogP contribution >= 0.6 is 0 Å². The van der Waals surface area contributed by atoms with Crippen LogP contribution in [0.2, 0.25) is 0 Å². The van der Waals surface area contributed by atoms with Gasteiger partial charge in [0.05, 0.1) is 0 Å². The Morgan fingerprint density at radius 3 is 3.00 bits per heavy atom. The molecule has 0 bridgehead atoms. The number of fused-ring (bicyclic) bond motifs is 1. The molecule has 2 heteroatoms. The van der Waals surface area contributed by atoms with E-state index in [-0.39, 0.29) is 0 Å². The van der Waals surface area contributed by atoms with Gasteiger partial charge in [-0.15, -0.1) is 0 Å². The lowest BCUT2D eigenvalue weighted by molar-refractivity contribution is 0.473. The number of hydrogen-bond acceptors (Lipinski definition) is 2. The molecule has 1 fully saturated rings. The summed E-state index contributed by atoms with van der Waals surface area (Å²) in [6.45, 7) is 3.36. The lowest BCUT2D eigenvalue weighted by atomic mass is 10.0. The van der Waals surface area contributed by atoms with E-state index in [0.29, 0.717) is 12.0 Å². The van der Waals surface area contributed by atoms with Crippen LogP contribution in [-0.2, 0) is 0 Å². The second-order valence-electron chi connectivity index (χ2n) is 5.35. The molecule has 3 rings (SSSR count). The van der Waals surface area contributed by atoms with Crippen LogP contribution in [0.1, 0.15) is 44.3 Å². The van der Waals surface area contributed by atoms with E-state index >= 15 is 0 Å². The molecule has 1 aliphatic carbocycles. The van der Waals surface area contributed by atoms with Crippen molar-refractivity contribution in [3.05, 3.63) is 36.1 Å². The van der Waals surface area contributed by atoms with Crippen molar-refractivity contribution >= 4 is 11.0 Å². The van der Waals surface area contributed by atoms with Crippen molar-refractivity contribution in [2.75, 3.05) is 6.54 Å². The minimum absolute atomic E-state index is 0.603. The highest BCUT2D eigenvalue weighted by Crippen LogP contribution is 2.37. The summed E-state index contributed by atoms with van der Waals surface area (Å²) in [5, 5.41) is 4.86. The average molecular weight is 243 g/mol. The van der Waals surface area contributed by atoms with E-state index in [4.69, 9.17) is 4.42 Å². The molecule has 0 amide bonds. The number of hydrogen-bond donors (Lipinski definition) is 1. The van der Waals surface area contributed by atoms with E-state index in [0.717, 1.165) is 12.1 Å². The summed E-state index contributed by atoms with van der Waals surface area (Å²) >= 11 is 0. The van der Waals surface area contributed by atoms with E-state index in [1.165, 1.54) is 36.8 Å². The summed E-state index contributed by atoms with van der Waals surface area (Å²) in [4.78, 5) is 0. The van der Waals surface area contributed by atoms with Crippen molar-refractivity contribution < 1.29 is 4.42 Å². The molecule has 2 nitrogen and oxygen atoms in total. The molecule has 1 aromatic heterocycles. The molecular weight excluding hydrogens is 222 g/mol. The van der Waals surface area contributed by atoms with Gasteiger partial charge in [0.2, 0.25) is 0 Å². The first-order chi connectivity index (χ1) is 8.86. The van der Waals surface area contributed by atoms with Crippen molar-refractivity contribution in [1.29, 1.82) is 0 Å². The van der Waals surface area contributed by atoms with Crippen molar-refractivity contribution in [3.63, 3.8) is 0 Å². The quantitative estimate of drug-likeness (QED) is 0.875. The third-order valence-corrected chi connectivity index (χ3v) is 3.96. The molecule has 0 saturated heterocycles. The Hall–Kier alpha value is -1.28. The van der Waals surface area contributed by atoms with Crippen LogP contribution in [-0.4, -0.2) is 12.6 Å². The Kier molecular flexibility index (Phi) is 3.37. The van der Waals surface area contributed by atoms with Crippen molar-refractivity contribution in [2.24, 2.45) is 0 Å². The van der Waals surface area contributed by atoms with Gasteiger partial charge in [-0.2, -0.15) is 0 Å². The average Bonchev–Trinajstić information content (AvgIpc) is 3.02. The number of para-hydroxylation sites is 1. The fraction of sp³-hybridized carbons (Fsp3) is 0.500. The molecular formula is C16H21NO. The van der Waals surface area contributed by atoms with Crippen molar-refractivity contribution in [3.8, 4) is 0 Å². The predicted molar refractivity (Wildman–Crippen MR) is 74.9 cm³/mol. The van der Waals surface area contributed by atoms with Crippen LogP contribution in [0.5, 0.6) is 0 Å². The van der Waals surface area contributed by atoms with Gasteiger partial charge < -0.3 is 9.73 Å². The van der Waals surface area contributed by atoms with Crippen LogP contribution in [0.15, 0.2) is 34.7 Å². The molecule has 0 spiro atoms. The minimum Gasteiger partial charge on any atom is -0.461 e. The topological polar surface area (TPSA) is 25.2 Å². The van der Waals surface area contributed by atoms with Crippen LogP contribution in [0.4, 0.5) is 0 Å². The van der Waals surface area contributed by atoms with Gasteiger partial charge in [-0.1, -0.05) is 25.1 Å². The minimum atomic E-state index is 0.603. The fourth-order valence-corrected chi connectivity index (χ4v) is 2.98. The molecule has 96 valence electrons. The number of nitrogens with one attached hydrogen (secondary N) is 1. The Bertz CT molecular complexity index is 484. The Morgan fingerprint density at radius 2 is 2.17 bits per heavy atom. The largest absolute Gasteiger partial charge is 0.461 e. The zero-order valence-corrected chi connectivity index (χ0v) is 11.0. The third-order valence-electron chi connectivity index (χ3n) is 3.96. The van der Waals surface area contributed by atoms with Gasteiger partial charge in [-0.05, 0) is 44.4 Å². The van der Waals surface area contributed by atoms with E-state index in [2.05, 4.69) is 36.5 Å². The van der Waals surface area contributed by atoms with Gasteiger partial charge in [0.25, 0.3) is 0 Å². The first kappa shape index (κ1) is 11.8.